The second-order valence-electron chi connectivity index (χ2n) is 4.86. The van der Waals surface area contributed by atoms with E-state index in [1.54, 1.807) is 6.07 Å². The van der Waals surface area contributed by atoms with Gasteiger partial charge in [-0.2, -0.15) is 0 Å². The van der Waals surface area contributed by atoms with Gasteiger partial charge in [-0.05, 0) is 53.7 Å². The summed E-state index contributed by atoms with van der Waals surface area (Å²) in [7, 11) is -3.41. The minimum atomic E-state index is -3.41. The number of halogens is 1. The summed E-state index contributed by atoms with van der Waals surface area (Å²) >= 11 is 4.61. The number of sulfonamides is 1. The Labute approximate surface area is 119 Å². The SMILES string of the molecule is Cc1cc(S(=O)(=O)NC2CC3CCC2O3)sc1Br. The maximum atomic E-state index is 12.3. The minimum Gasteiger partial charge on any atom is -0.373 e. The Morgan fingerprint density at radius 1 is 1.50 bits per heavy atom. The predicted octanol–water partition coefficient (Wildman–Crippen LogP) is 2.42. The van der Waals surface area contributed by atoms with Crippen LogP contribution in [0, 0.1) is 6.92 Å². The molecule has 3 unspecified atom stereocenters. The smallest absolute Gasteiger partial charge is 0.250 e. The fourth-order valence-corrected chi connectivity index (χ4v) is 6.10. The molecule has 0 saturated carbocycles. The molecule has 2 bridgehead atoms. The van der Waals surface area contributed by atoms with E-state index in [0.717, 1.165) is 28.6 Å². The first kappa shape index (κ1) is 13.1. The van der Waals surface area contributed by atoms with Crippen molar-refractivity contribution < 1.29 is 13.2 Å². The topological polar surface area (TPSA) is 55.4 Å². The van der Waals surface area contributed by atoms with Crippen molar-refractivity contribution >= 4 is 37.3 Å². The van der Waals surface area contributed by atoms with Crippen LogP contribution in [0.15, 0.2) is 14.1 Å². The number of hydrogen-bond donors (Lipinski definition) is 1. The van der Waals surface area contributed by atoms with Gasteiger partial charge in [0.2, 0.25) is 10.0 Å². The average molecular weight is 352 g/mol. The lowest BCUT2D eigenvalue weighted by Gasteiger charge is -2.19. The molecule has 2 fully saturated rings. The number of ether oxygens (including phenoxy) is 1. The van der Waals surface area contributed by atoms with Crippen LogP contribution in [0.5, 0.6) is 0 Å². The van der Waals surface area contributed by atoms with Gasteiger partial charge in [0.15, 0.2) is 0 Å². The highest BCUT2D eigenvalue weighted by molar-refractivity contribution is 9.11. The maximum Gasteiger partial charge on any atom is 0.250 e. The van der Waals surface area contributed by atoms with Crippen LogP contribution in [0.25, 0.3) is 0 Å². The molecule has 0 aromatic carbocycles. The second kappa shape index (κ2) is 4.56. The van der Waals surface area contributed by atoms with Crippen LogP contribution >= 0.6 is 27.3 Å². The first-order valence-electron chi connectivity index (χ1n) is 5.89. The minimum absolute atomic E-state index is 0.0602. The summed E-state index contributed by atoms with van der Waals surface area (Å²) in [4.78, 5) is 0. The number of aryl methyl sites for hydroxylation is 1. The van der Waals surface area contributed by atoms with Crippen LogP contribution in [0.4, 0.5) is 0 Å². The van der Waals surface area contributed by atoms with Crippen LogP contribution in [-0.4, -0.2) is 26.7 Å². The van der Waals surface area contributed by atoms with Gasteiger partial charge >= 0.3 is 0 Å². The molecular weight excluding hydrogens is 338 g/mol. The van der Waals surface area contributed by atoms with Crippen molar-refractivity contribution in [1.29, 1.82) is 0 Å². The van der Waals surface area contributed by atoms with E-state index in [0.29, 0.717) is 4.21 Å². The van der Waals surface area contributed by atoms with E-state index in [2.05, 4.69) is 20.7 Å². The third-order valence-corrected chi connectivity index (χ3v) is 7.61. The molecule has 1 aromatic heterocycles. The predicted molar refractivity (Wildman–Crippen MR) is 73.4 cm³/mol. The lowest BCUT2D eigenvalue weighted by molar-refractivity contribution is 0.0996. The van der Waals surface area contributed by atoms with Crippen molar-refractivity contribution in [2.45, 2.75) is 48.6 Å². The van der Waals surface area contributed by atoms with E-state index in [1.165, 1.54) is 11.3 Å². The third-order valence-electron chi connectivity index (χ3n) is 3.51. The average Bonchev–Trinajstić information content (AvgIpc) is 2.95. The highest BCUT2D eigenvalue weighted by atomic mass is 79.9. The molecule has 3 atom stereocenters. The molecule has 2 saturated heterocycles. The van der Waals surface area contributed by atoms with E-state index >= 15 is 0 Å². The van der Waals surface area contributed by atoms with Gasteiger partial charge in [0.05, 0.1) is 22.0 Å². The molecule has 1 N–H and O–H groups in total. The van der Waals surface area contributed by atoms with E-state index in [9.17, 15) is 8.42 Å². The van der Waals surface area contributed by atoms with Crippen molar-refractivity contribution in [3.05, 3.63) is 15.4 Å². The Kier molecular flexibility index (Phi) is 3.30. The summed E-state index contributed by atoms with van der Waals surface area (Å²) in [6.45, 7) is 1.89. The van der Waals surface area contributed by atoms with Crippen LogP contribution < -0.4 is 4.72 Å². The summed E-state index contributed by atoms with van der Waals surface area (Å²) in [6, 6.07) is 1.64. The van der Waals surface area contributed by atoms with Crippen LogP contribution in [0.3, 0.4) is 0 Å². The molecule has 1 aromatic rings. The molecule has 2 aliphatic rings. The summed E-state index contributed by atoms with van der Waals surface area (Å²) in [6.07, 6.45) is 3.14. The number of rotatable bonds is 3. The summed E-state index contributed by atoms with van der Waals surface area (Å²) in [5, 5.41) is 0. The monoisotopic (exact) mass is 351 g/mol. The molecule has 100 valence electrons. The van der Waals surface area contributed by atoms with Gasteiger partial charge in [0.1, 0.15) is 4.21 Å². The standard InChI is InChI=1S/C11H14BrNO3S2/c1-6-4-10(17-11(6)12)18(14,15)13-8-5-7-2-3-9(8)16-7/h4,7-9,13H,2-3,5H2,1H3. The summed E-state index contributed by atoms with van der Waals surface area (Å²) < 4.78 is 34.2. The zero-order valence-electron chi connectivity index (χ0n) is 9.85. The van der Waals surface area contributed by atoms with E-state index in [-0.39, 0.29) is 18.2 Å². The highest BCUT2D eigenvalue weighted by Gasteiger charge is 2.42. The van der Waals surface area contributed by atoms with Crippen LogP contribution in [-0.2, 0) is 14.8 Å². The molecular formula is C11H14BrNO3S2. The molecule has 18 heavy (non-hydrogen) atoms. The number of thiophene rings is 1. The number of fused-ring (bicyclic) bond motifs is 2. The second-order valence-corrected chi connectivity index (χ2v) is 9.17. The molecule has 0 spiro atoms. The van der Waals surface area contributed by atoms with Crippen molar-refractivity contribution in [2.24, 2.45) is 0 Å². The van der Waals surface area contributed by atoms with E-state index in [4.69, 9.17) is 4.74 Å². The highest BCUT2D eigenvalue weighted by Crippen LogP contribution is 2.36. The summed E-state index contributed by atoms with van der Waals surface area (Å²) in [5.41, 5.74) is 0.949. The van der Waals surface area contributed by atoms with Gasteiger partial charge in [-0.25, -0.2) is 13.1 Å². The summed E-state index contributed by atoms with van der Waals surface area (Å²) in [5.74, 6) is 0. The molecule has 3 rings (SSSR count). The van der Waals surface area contributed by atoms with E-state index in [1.807, 2.05) is 6.92 Å². The normalized spacial score (nSPS) is 31.1. The van der Waals surface area contributed by atoms with Gasteiger partial charge in [-0.15, -0.1) is 11.3 Å². The molecule has 0 aliphatic carbocycles. The lowest BCUT2D eigenvalue weighted by Crippen LogP contribution is -2.41. The lowest BCUT2D eigenvalue weighted by atomic mass is 9.96. The Morgan fingerprint density at radius 3 is 2.78 bits per heavy atom. The Bertz CT molecular complexity index is 549. The van der Waals surface area contributed by atoms with Crippen molar-refractivity contribution in [2.75, 3.05) is 0 Å². The number of hydrogen-bond acceptors (Lipinski definition) is 4. The third kappa shape index (κ3) is 2.27. The zero-order valence-corrected chi connectivity index (χ0v) is 13.1. The van der Waals surface area contributed by atoms with Gasteiger partial charge in [-0.3, -0.25) is 0 Å². The van der Waals surface area contributed by atoms with Gasteiger partial charge in [-0.1, -0.05) is 0 Å². The Morgan fingerprint density at radius 2 is 2.28 bits per heavy atom. The molecule has 0 radical (unpaired) electrons. The molecule has 0 amide bonds. The number of nitrogens with one attached hydrogen (secondary N) is 1. The van der Waals surface area contributed by atoms with Gasteiger partial charge in [0.25, 0.3) is 0 Å². The zero-order chi connectivity index (χ0) is 12.9. The molecule has 4 nitrogen and oxygen atoms in total. The quantitative estimate of drug-likeness (QED) is 0.909. The molecule has 3 heterocycles. The first-order chi connectivity index (χ1) is 8.45. The van der Waals surface area contributed by atoms with Crippen molar-refractivity contribution in [3.8, 4) is 0 Å². The van der Waals surface area contributed by atoms with Crippen molar-refractivity contribution in [3.63, 3.8) is 0 Å². The van der Waals surface area contributed by atoms with Crippen LogP contribution in [0.2, 0.25) is 0 Å². The maximum absolute atomic E-state index is 12.3. The molecule has 2 aliphatic heterocycles. The van der Waals surface area contributed by atoms with Crippen LogP contribution in [0.1, 0.15) is 24.8 Å². The van der Waals surface area contributed by atoms with Crippen molar-refractivity contribution in [1.82, 2.24) is 4.72 Å². The first-order valence-corrected chi connectivity index (χ1v) is 8.99. The Balaban J connectivity index is 1.79. The van der Waals surface area contributed by atoms with Gasteiger partial charge < -0.3 is 4.74 Å². The fourth-order valence-electron chi connectivity index (χ4n) is 2.58. The largest absolute Gasteiger partial charge is 0.373 e. The Hall–Kier alpha value is 0.0500. The van der Waals surface area contributed by atoms with E-state index < -0.39 is 10.0 Å². The fraction of sp³-hybridized carbons (Fsp3) is 0.636. The van der Waals surface area contributed by atoms with Gasteiger partial charge in [0, 0.05) is 0 Å². The molecule has 7 heteroatoms.